The molecule has 0 unspecified atom stereocenters. The number of carbonyl (C=O) groups excluding carboxylic acids is 1. The van der Waals surface area contributed by atoms with Crippen LogP contribution in [0.2, 0.25) is 0 Å². The summed E-state index contributed by atoms with van der Waals surface area (Å²) in [7, 11) is 0. The summed E-state index contributed by atoms with van der Waals surface area (Å²) in [6.45, 7) is 6.33. The van der Waals surface area contributed by atoms with E-state index < -0.39 is 5.97 Å². The summed E-state index contributed by atoms with van der Waals surface area (Å²) in [5.41, 5.74) is 0. The molecule has 0 atom stereocenters. The molecule has 150 valence electrons. The topological polar surface area (TPSA) is 48.9 Å². The number of aryl methyl sites for hydroxylation is 2. The van der Waals surface area contributed by atoms with Gasteiger partial charge in [0.2, 0.25) is 0 Å². The molecular weight excluding hydrogens is 324 g/mol. The summed E-state index contributed by atoms with van der Waals surface area (Å²) >= 11 is 0. The van der Waals surface area contributed by atoms with Gasteiger partial charge in [0.25, 0.3) is 5.82 Å². The van der Waals surface area contributed by atoms with Gasteiger partial charge in [0.05, 0.1) is 13.1 Å². The van der Waals surface area contributed by atoms with Crippen LogP contribution in [0.15, 0.2) is 12.4 Å². The molecule has 4 heteroatoms. The maximum Gasteiger partial charge on any atom is 0.256 e. The first-order chi connectivity index (χ1) is 12.7. The number of hydrogen-bond donors (Lipinski definition) is 0. The molecule has 0 bridgehead atoms. The molecular formula is C22H40N2O2. The highest BCUT2D eigenvalue weighted by molar-refractivity contribution is 5.63. The second kappa shape index (κ2) is 14.8. The zero-order valence-corrected chi connectivity index (χ0v) is 17.2. The predicted octanol–water partition coefficient (Wildman–Crippen LogP) is 4.18. The van der Waals surface area contributed by atoms with Crippen molar-refractivity contribution >= 4 is 5.97 Å². The number of carbonyl (C=O) groups is 1. The molecule has 1 aromatic rings. The van der Waals surface area contributed by atoms with E-state index in [1.807, 2.05) is 0 Å². The Labute approximate surface area is 160 Å². The Morgan fingerprint density at radius 3 is 2.15 bits per heavy atom. The van der Waals surface area contributed by atoms with Crippen molar-refractivity contribution in [1.29, 1.82) is 0 Å². The minimum absolute atomic E-state index is 0.143. The molecule has 1 rings (SSSR count). The van der Waals surface area contributed by atoms with Crippen LogP contribution in [0.5, 0.6) is 0 Å². The van der Waals surface area contributed by atoms with Crippen molar-refractivity contribution in [3.63, 3.8) is 0 Å². The summed E-state index contributed by atoms with van der Waals surface area (Å²) in [5, 5.41) is 10.7. The Balaban J connectivity index is 2.36. The van der Waals surface area contributed by atoms with Crippen LogP contribution in [0, 0.1) is 0 Å². The summed E-state index contributed by atoms with van der Waals surface area (Å²) in [5.74, 6) is 0.413. The molecule has 0 aromatic carbocycles. The molecule has 0 amide bonds. The van der Waals surface area contributed by atoms with Crippen molar-refractivity contribution in [1.82, 2.24) is 4.57 Å². The molecule has 0 saturated carbocycles. The fourth-order valence-corrected chi connectivity index (χ4v) is 3.51. The number of aromatic nitrogens is 2. The molecule has 0 N–H and O–H groups in total. The summed E-state index contributed by atoms with van der Waals surface area (Å²) in [4.78, 5) is 10.7. The van der Waals surface area contributed by atoms with Gasteiger partial charge in [-0.15, -0.1) is 0 Å². The van der Waals surface area contributed by atoms with Crippen molar-refractivity contribution in [2.24, 2.45) is 0 Å². The lowest BCUT2D eigenvalue weighted by Crippen LogP contribution is -2.38. The largest absolute Gasteiger partial charge is 0.550 e. The quantitative estimate of drug-likeness (QED) is 0.307. The second-order valence-electron chi connectivity index (χ2n) is 7.51. The number of carboxylic acids is 1. The van der Waals surface area contributed by atoms with E-state index in [9.17, 15) is 9.90 Å². The predicted molar refractivity (Wildman–Crippen MR) is 105 cm³/mol. The molecule has 0 radical (unpaired) electrons. The average molecular weight is 365 g/mol. The van der Waals surface area contributed by atoms with Gasteiger partial charge in [0.15, 0.2) is 0 Å². The third kappa shape index (κ3) is 9.98. The van der Waals surface area contributed by atoms with Crippen LogP contribution in [-0.4, -0.2) is 10.5 Å². The van der Waals surface area contributed by atoms with Crippen molar-refractivity contribution < 1.29 is 14.5 Å². The number of unbranched alkanes of at least 4 members (excludes halogenated alkanes) is 9. The van der Waals surface area contributed by atoms with E-state index in [1.54, 1.807) is 0 Å². The Morgan fingerprint density at radius 2 is 1.54 bits per heavy atom. The van der Waals surface area contributed by atoms with Gasteiger partial charge < -0.3 is 9.90 Å². The first-order valence-electron chi connectivity index (χ1n) is 11.0. The third-order valence-corrected chi connectivity index (χ3v) is 5.13. The maximum atomic E-state index is 10.7. The van der Waals surface area contributed by atoms with Crippen molar-refractivity contribution in [3.05, 3.63) is 18.2 Å². The highest BCUT2D eigenvalue weighted by Gasteiger charge is 2.16. The zero-order chi connectivity index (χ0) is 19.0. The molecule has 4 nitrogen and oxygen atoms in total. The van der Waals surface area contributed by atoms with E-state index >= 15 is 0 Å². The van der Waals surface area contributed by atoms with E-state index in [0.29, 0.717) is 6.42 Å². The van der Waals surface area contributed by atoms with E-state index in [-0.39, 0.29) is 6.42 Å². The highest BCUT2D eigenvalue weighted by Crippen LogP contribution is 2.12. The van der Waals surface area contributed by atoms with Gasteiger partial charge in [-0.2, -0.15) is 0 Å². The van der Waals surface area contributed by atoms with E-state index in [1.165, 1.54) is 76.5 Å². The van der Waals surface area contributed by atoms with Gasteiger partial charge in [0, 0.05) is 12.4 Å². The summed E-state index contributed by atoms with van der Waals surface area (Å²) in [6.07, 6.45) is 20.7. The third-order valence-electron chi connectivity index (χ3n) is 5.13. The Kier molecular flexibility index (Phi) is 12.9. The standard InChI is InChI=1S/C22H40N2O2/c1-3-5-7-8-9-10-11-12-13-15-21-23(17-6-4-2)19-20-24(21)18-14-16-22(25)26/h19-20H,3-18H2,1-2H3. The Hall–Kier alpha value is -1.32. The monoisotopic (exact) mass is 364 g/mol. The summed E-state index contributed by atoms with van der Waals surface area (Å²) < 4.78 is 4.62. The molecule has 0 aliphatic heterocycles. The summed E-state index contributed by atoms with van der Waals surface area (Å²) in [6, 6.07) is 0. The van der Waals surface area contributed by atoms with Gasteiger partial charge in [-0.25, -0.2) is 9.13 Å². The van der Waals surface area contributed by atoms with Crippen LogP contribution in [-0.2, 0) is 24.3 Å². The molecule has 26 heavy (non-hydrogen) atoms. The molecule has 1 aromatic heterocycles. The maximum absolute atomic E-state index is 10.7. The van der Waals surface area contributed by atoms with Crippen molar-refractivity contribution in [3.8, 4) is 0 Å². The smallest absolute Gasteiger partial charge is 0.256 e. The normalized spacial score (nSPS) is 11.2. The fourth-order valence-electron chi connectivity index (χ4n) is 3.51. The number of nitrogens with zero attached hydrogens (tertiary/aromatic N) is 2. The van der Waals surface area contributed by atoms with E-state index in [2.05, 4.69) is 35.4 Å². The lowest BCUT2D eigenvalue weighted by molar-refractivity contribution is -0.704. The van der Waals surface area contributed by atoms with Gasteiger partial charge in [-0.05, 0) is 25.7 Å². The molecule has 0 aliphatic carbocycles. The number of aliphatic carboxylic acids is 1. The van der Waals surface area contributed by atoms with E-state index in [4.69, 9.17) is 0 Å². The molecule has 0 fully saturated rings. The van der Waals surface area contributed by atoms with Crippen LogP contribution >= 0.6 is 0 Å². The van der Waals surface area contributed by atoms with E-state index in [0.717, 1.165) is 19.5 Å². The number of carboxylic acid groups (broad SMARTS) is 1. The SMILES string of the molecule is CCCCCCCCCCCc1n(CCCC)cc[n+]1CCCC(=O)[O-]. The molecule has 1 heterocycles. The lowest BCUT2D eigenvalue weighted by atomic mass is 10.1. The van der Waals surface area contributed by atoms with Crippen LogP contribution in [0.25, 0.3) is 0 Å². The average Bonchev–Trinajstić information content (AvgIpc) is 3.00. The molecule has 0 aliphatic rings. The lowest BCUT2D eigenvalue weighted by Gasteiger charge is -2.06. The van der Waals surface area contributed by atoms with Crippen LogP contribution < -0.4 is 9.67 Å². The Bertz CT molecular complexity index is 482. The minimum atomic E-state index is -0.948. The number of rotatable bonds is 17. The zero-order valence-electron chi connectivity index (χ0n) is 17.2. The first-order valence-corrected chi connectivity index (χ1v) is 11.0. The van der Waals surface area contributed by atoms with Gasteiger partial charge in [-0.1, -0.05) is 71.6 Å². The number of imidazole rings is 1. The first kappa shape index (κ1) is 22.7. The van der Waals surface area contributed by atoms with Crippen molar-refractivity contribution in [2.45, 2.75) is 117 Å². The van der Waals surface area contributed by atoms with Crippen LogP contribution in [0.4, 0.5) is 0 Å². The van der Waals surface area contributed by atoms with Gasteiger partial charge in [-0.3, -0.25) is 0 Å². The molecule has 0 spiro atoms. The van der Waals surface area contributed by atoms with Gasteiger partial charge >= 0.3 is 0 Å². The van der Waals surface area contributed by atoms with Crippen molar-refractivity contribution in [2.75, 3.05) is 0 Å². The minimum Gasteiger partial charge on any atom is -0.550 e. The second-order valence-corrected chi connectivity index (χ2v) is 7.51. The number of hydrogen-bond acceptors (Lipinski definition) is 2. The van der Waals surface area contributed by atoms with Crippen LogP contribution in [0.1, 0.15) is 103 Å². The molecule has 0 saturated heterocycles. The Morgan fingerprint density at radius 1 is 0.923 bits per heavy atom. The van der Waals surface area contributed by atoms with Crippen LogP contribution in [0.3, 0.4) is 0 Å². The van der Waals surface area contributed by atoms with Gasteiger partial charge in [0.1, 0.15) is 12.4 Å². The highest BCUT2D eigenvalue weighted by atomic mass is 16.4. The fraction of sp³-hybridized carbons (Fsp3) is 0.818.